The fourth-order valence-electron chi connectivity index (χ4n) is 2.48. The number of nitrogens with one attached hydrogen (secondary N) is 2. The minimum Gasteiger partial charge on any atom is -0.356 e. The van der Waals surface area contributed by atoms with Crippen LogP contribution >= 0.6 is 24.0 Å². The smallest absolute Gasteiger partial charge is 0.191 e. The Morgan fingerprint density at radius 2 is 1.83 bits per heavy atom. The molecule has 6 heteroatoms. The number of nitrogens with zero attached hydrogens (tertiary/aromatic N) is 3. The van der Waals surface area contributed by atoms with Crippen LogP contribution < -0.4 is 10.6 Å². The molecule has 0 saturated heterocycles. The SMILES string of the molecule is CN=C(NCCc1cc(C)cc(C)c1)NCCn1cccn1.I. The van der Waals surface area contributed by atoms with Gasteiger partial charge >= 0.3 is 0 Å². The molecular weight excluding hydrogens is 401 g/mol. The highest BCUT2D eigenvalue weighted by atomic mass is 127. The second-order valence-electron chi connectivity index (χ2n) is 5.44. The van der Waals surface area contributed by atoms with E-state index in [0.717, 1.165) is 32.0 Å². The summed E-state index contributed by atoms with van der Waals surface area (Å²) in [4.78, 5) is 4.24. The summed E-state index contributed by atoms with van der Waals surface area (Å²) in [5, 5.41) is 10.8. The topological polar surface area (TPSA) is 54.2 Å². The molecule has 5 nitrogen and oxygen atoms in total. The summed E-state index contributed by atoms with van der Waals surface area (Å²) in [5.41, 5.74) is 3.99. The molecule has 23 heavy (non-hydrogen) atoms. The van der Waals surface area contributed by atoms with Gasteiger partial charge < -0.3 is 10.6 Å². The summed E-state index contributed by atoms with van der Waals surface area (Å²) in [6.45, 7) is 6.76. The molecule has 1 heterocycles. The first-order valence-electron chi connectivity index (χ1n) is 7.66. The molecule has 0 radical (unpaired) electrons. The van der Waals surface area contributed by atoms with Crippen LogP contribution in [0.2, 0.25) is 0 Å². The molecule has 0 aliphatic rings. The number of aryl methyl sites for hydroxylation is 2. The molecule has 0 spiro atoms. The number of benzene rings is 1. The molecule has 0 fully saturated rings. The lowest BCUT2D eigenvalue weighted by atomic mass is 10.1. The molecule has 1 aromatic heterocycles. The summed E-state index contributed by atoms with van der Waals surface area (Å²) >= 11 is 0. The predicted molar refractivity (Wildman–Crippen MR) is 107 cm³/mol. The minimum atomic E-state index is 0. The molecular formula is C17H26IN5. The molecule has 0 saturated carbocycles. The van der Waals surface area contributed by atoms with E-state index >= 15 is 0 Å². The summed E-state index contributed by atoms with van der Waals surface area (Å²) in [7, 11) is 1.79. The van der Waals surface area contributed by atoms with Crippen LogP contribution in [-0.2, 0) is 13.0 Å². The van der Waals surface area contributed by atoms with Crippen molar-refractivity contribution < 1.29 is 0 Å². The molecule has 0 atom stereocenters. The summed E-state index contributed by atoms with van der Waals surface area (Å²) < 4.78 is 1.90. The van der Waals surface area contributed by atoms with Gasteiger partial charge in [-0.1, -0.05) is 29.3 Å². The quantitative estimate of drug-likeness (QED) is 0.423. The van der Waals surface area contributed by atoms with Gasteiger partial charge in [0.1, 0.15) is 0 Å². The molecule has 0 bridgehead atoms. The van der Waals surface area contributed by atoms with Crippen molar-refractivity contribution in [3.63, 3.8) is 0 Å². The van der Waals surface area contributed by atoms with Gasteiger partial charge in [0, 0.05) is 32.5 Å². The van der Waals surface area contributed by atoms with Crippen molar-refractivity contribution in [2.75, 3.05) is 20.1 Å². The van der Waals surface area contributed by atoms with Crippen LogP contribution in [0.5, 0.6) is 0 Å². The van der Waals surface area contributed by atoms with E-state index in [9.17, 15) is 0 Å². The lowest BCUT2D eigenvalue weighted by molar-refractivity contribution is 0.598. The number of hydrogen-bond donors (Lipinski definition) is 2. The zero-order chi connectivity index (χ0) is 15.8. The van der Waals surface area contributed by atoms with Crippen LogP contribution in [0.4, 0.5) is 0 Å². The third-order valence-electron chi connectivity index (χ3n) is 3.40. The Kier molecular flexibility index (Phi) is 8.68. The van der Waals surface area contributed by atoms with Crippen LogP contribution in [-0.4, -0.2) is 35.9 Å². The van der Waals surface area contributed by atoms with Crippen molar-refractivity contribution in [1.82, 2.24) is 20.4 Å². The summed E-state index contributed by atoms with van der Waals surface area (Å²) in [6.07, 6.45) is 4.73. The Hall–Kier alpha value is -1.57. The van der Waals surface area contributed by atoms with Gasteiger partial charge in [-0.15, -0.1) is 24.0 Å². The fourth-order valence-corrected chi connectivity index (χ4v) is 2.48. The van der Waals surface area contributed by atoms with Crippen LogP contribution in [0.1, 0.15) is 16.7 Å². The number of guanidine groups is 1. The first-order valence-corrected chi connectivity index (χ1v) is 7.66. The van der Waals surface area contributed by atoms with E-state index in [2.05, 4.69) is 52.8 Å². The largest absolute Gasteiger partial charge is 0.356 e. The van der Waals surface area contributed by atoms with Crippen molar-refractivity contribution >= 4 is 29.9 Å². The lowest BCUT2D eigenvalue weighted by Gasteiger charge is -2.12. The first kappa shape index (κ1) is 19.5. The van der Waals surface area contributed by atoms with Gasteiger partial charge in [-0.3, -0.25) is 9.67 Å². The zero-order valence-electron chi connectivity index (χ0n) is 14.0. The second-order valence-corrected chi connectivity index (χ2v) is 5.44. The van der Waals surface area contributed by atoms with Gasteiger partial charge in [0.15, 0.2) is 5.96 Å². The molecule has 0 aliphatic heterocycles. The van der Waals surface area contributed by atoms with Crippen LogP contribution in [0.25, 0.3) is 0 Å². The monoisotopic (exact) mass is 427 g/mol. The van der Waals surface area contributed by atoms with E-state index in [1.807, 2.05) is 16.9 Å². The maximum absolute atomic E-state index is 4.24. The van der Waals surface area contributed by atoms with Gasteiger partial charge in [-0.2, -0.15) is 5.10 Å². The number of aliphatic imine (C=N–C) groups is 1. The molecule has 2 N–H and O–H groups in total. The normalized spacial score (nSPS) is 11.0. The van der Waals surface area contributed by atoms with Crippen molar-refractivity contribution in [3.8, 4) is 0 Å². The Morgan fingerprint density at radius 3 is 2.43 bits per heavy atom. The van der Waals surface area contributed by atoms with Gasteiger partial charge in [-0.05, 0) is 31.9 Å². The van der Waals surface area contributed by atoms with E-state index in [0.29, 0.717) is 0 Å². The summed E-state index contributed by atoms with van der Waals surface area (Å²) in [5.74, 6) is 0.830. The maximum Gasteiger partial charge on any atom is 0.191 e. The van der Waals surface area contributed by atoms with E-state index in [1.54, 1.807) is 13.2 Å². The molecule has 0 amide bonds. The third kappa shape index (κ3) is 7.02. The van der Waals surface area contributed by atoms with E-state index < -0.39 is 0 Å². The molecule has 2 rings (SSSR count). The van der Waals surface area contributed by atoms with E-state index in [-0.39, 0.29) is 24.0 Å². The maximum atomic E-state index is 4.24. The average Bonchev–Trinajstić information content (AvgIpc) is 2.98. The highest BCUT2D eigenvalue weighted by Crippen LogP contribution is 2.08. The number of halogens is 1. The molecule has 126 valence electrons. The molecule has 0 aliphatic carbocycles. The second kappa shape index (κ2) is 10.3. The predicted octanol–water partition coefficient (Wildman–Crippen LogP) is 2.53. The summed E-state index contributed by atoms with van der Waals surface area (Å²) in [6, 6.07) is 8.61. The molecule has 2 aromatic rings. The van der Waals surface area contributed by atoms with Gasteiger partial charge in [0.2, 0.25) is 0 Å². The number of aromatic nitrogens is 2. The van der Waals surface area contributed by atoms with E-state index in [1.165, 1.54) is 16.7 Å². The van der Waals surface area contributed by atoms with Crippen LogP contribution in [0, 0.1) is 13.8 Å². The highest BCUT2D eigenvalue weighted by molar-refractivity contribution is 14.0. The molecule has 0 unspecified atom stereocenters. The highest BCUT2D eigenvalue weighted by Gasteiger charge is 1.99. The minimum absolute atomic E-state index is 0. The van der Waals surface area contributed by atoms with Gasteiger partial charge in [0.05, 0.1) is 6.54 Å². The molecule has 1 aromatic carbocycles. The Morgan fingerprint density at radius 1 is 1.13 bits per heavy atom. The number of hydrogen-bond acceptors (Lipinski definition) is 2. The van der Waals surface area contributed by atoms with Gasteiger partial charge in [0.25, 0.3) is 0 Å². The van der Waals surface area contributed by atoms with Crippen molar-refractivity contribution in [2.24, 2.45) is 4.99 Å². The van der Waals surface area contributed by atoms with Crippen molar-refractivity contribution in [3.05, 3.63) is 53.3 Å². The van der Waals surface area contributed by atoms with Crippen molar-refractivity contribution in [1.29, 1.82) is 0 Å². The Bertz CT molecular complexity index is 587. The van der Waals surface area contributed by atoms with Crippen LogP contribution in [0.3, 0.4) is 0 Å². The van der Waals surface area contributed by atoms with E-state index in [4.69, 9.17) is 0 Å². The zero-order valence-corrected chi connectivity index (χ0v) is 16.4. The standard InChI is InChI=1S/C17H25N5.HI/c1-14-11-15(2)13-16(12-14)5-7-19-17(18-3)20-8-10-22-9-4-6-21-22;/h4,6,9,11-13H,5,7-8,10H2,1-3H3,(H2,18,19,20);1H. The lowest BCUT2D eigenvalue weighted by Crippen LogP contribution is -2.39. The Labute approximate surface area is 155 Å². The van der Waals surface area contributed by atoms with Gasteiger partial charge in [-0.25, -0.2) is 0 Å². The fraction of sp³-hybridized carbons (Fsp3) is 0.412. The van der Waals surface area contributed by atoms with Crippen LogP contribution in [0.15, 0.2) is 41.7 Å². The first-order chi connectivity index (χ1) is 10.7. The average molecular weight is 427 g/mol. The number of rotatable bonds is 6. The third-order valence-corrected chi connectivity index (χ3v) is 3.40. The van der Waals surface area contributed by atoms with Crippen molar-refractivity contribution in [2.45, 2.75) is 26.8 Å². The Balaban J connectivity index is 0.00000264.